The average Bonchev–Trinajstić information content (AvgIpc) is 2.93. The molecule has 2 atom stereocenters. The summed E-state index contributed by atoms with van der Waals surface area (Å²) in [4.78, 5) is 25.1. The fourth-order valence-electron chi connectivity index (χ4n) is 2.44. The van der Waals surface area contributed by atoms with Crippen LogP contribution in [0.3, 0.4) is 0 Å². The molecule has 0 spiro atoms. The zero-order valence-corrected chi connectivity index (χ0v) is 12.3. The van der Waals surface area contributed by atoms with Gasteiger partial charge in [-0.3, -0.25) is 14.3 Å². The van der Waals surface area contributed by atoms with Crippen LogP contribution in [0, 0.1) is 11.8 Å². The second-order valence-electron chi connectivity index (χ2n) is 6.48. The van der Waals surface area contributed by atoms with Crippen LogP contribution in [0.15, 0.2) is 12.4 Å². The van der Waals surface area contributed by atoms with Crippen molar-refractivity contribution in [3.63, 3.8) is 0 Å². The van der Waals surface area contributed by atoms with Gasteiger partial charge in [-0.15, -0.1) is 0 Å². The average molecular weight is 279 g/mol. The number of nitrogens with zero attached hydrogens (tertiary/aromatic N) is 3. The molecule has 1 aromatic heterocycles. The third-order valence-electron chi connectivity index (χ3n) is 3.73. The van der Waals surface area contributed by atoms with E-state index in [0.717, 1.165) is 0 Å². The molecule has 6 nitrogen and oxygen atoms in total. The minimum absolute atomic E-state index is 0.0193. The number of hydrogen-bond donors (Lipinski definition) is 1. The number of aliphatic carboxylic acids is 1. The van der Waals surface area contributed by atoms with E-state index in [1.165, 1.54) is 0 Å². The van der Waals surface area contributed by atoms with Crippen LogP contribution in [0.4, 0.5) is 0 Å². The Morgan fingerprint density at radius 2 is 2.00 bits per heavy atom. The van der Waals surface area contributed by atoms with Crippen LogP contribution in [0.5, 0.6) is 0 Å². The van der Waals surface area contributed by atoms with E-state index >= 15 is 0 Å². The van der Waals surface area contributed by atoms with Crippen molar-refractivity contribution in [2.75, 3.05) is 13.1 Å². The summed E-state index contributed by atoms with van der Waals surface area (Å²) < 4.78 is 1.74. The largest absolute Gasteiger partial charge is 0.481 e. The van der Waals surface area contributed by atoms with Crippen LogP contribution >= 0.6 is 0 Å². The Hall–Kier alpha value is -1.85. The third kappa shape index (κ3) is 2.69. The van der Waals surface area contributed by atoms with E-state index in [9.17, 15) is 9.59 Å². The fraction of sp³-hybridized carbons (Fsp3) is 0.643. The van der Waals surface area contributed by atoms with Crippen molar-refractivity contribution < 1.29 is 14.7 Å². The van der Waals surface area contributed by atoms with Crippen molar-refractivity contribution >= 4 is 11.9 Å². The van der Waals surface area contributed by atoms with Crippen molar-refractivity contribution in [3.8, 4) is 0 Å². The number of carboxylic acid groups (broad SMARTS) is 1. The van der Waals surface area contributed by atoms with Gasteiger partial charge in [-0.2, -0.15) is 5.10 Å². The Labute approximate surface area is 118 Å². The normalized spacial score (nSPS) is 23.1. The minimum atomic E-state index is -0.835. The van der Waals surface area contributed by atoms with E-state index in [4.69, 9.17) is 5.11 Å². The molecule has 1 amide bonds. The van der Waals surface area contributed by atoms with Gasteiger partial charge < -0.3 is 10.0 Å². The van der Waals surface area contributed by atoms with Crippen LogP contribution in [-0.2, 0) is 10.3 Å². The van der Waals surface area contributed by atoms with Crippen LogP contribution in [0.2, 0.25) is 0 Å². The van der Waals surface area contributed by atoms with Crippen LogP contribution < -0.4 is 0 Å². The molecule has 1 N–H and O–H groups in total. The maximum absolute atomic E-state index is 12.4. The van der Waals surface area contributed by atoms with Crippen LogP contribution in [0.25, 0.3) is 0 Å². The SMILES string of the molecule is C[C@@H]1CN(C(=O)c2cnn(C(C)(C)C)c2)C[C@H]1C(=O)O. The number of aromatic nitrogens is 2. The monoisotopic (exact) mass is 279 g/mol. The first-order valence-corrected chi connectivity index (χ1v) is 6.77. The summed E-state index contributed by atoms with van der Waals surface area (Å²) in [5.74, 6) is -1.47. The van der Waals surface area contributed by atoms with Crippen LogP contribution in [-0.4, -0.2) is 44.8 Å². The molecule has 0 unspecified atom stereocenters. The maximum atomic E-state index is 12.4. The molecule has 1 aliphatic heterocycles. The Morgan fingerprint density at radius 3 is 2.45 bits per heavy atom. The lowest BCUT2D eigenvalue weighted by molar-refractivity contribution is -0.142. The van der Waals surface area contributed by atoms with Gasteiger partial charge in [0, 0.05) is 19.3 Å². The zero-order chi connectivity index (χ0) is 15.1. The Morgan fingerprint density at radius 1 is 1.35 bits per heavy atom. The molecule has 1 aliphatic rings. The van der Waals surface area contributed by atoms with E-state index in [-0.39, 0.29) is 23.9 Å². The molecule has 1 fully saturated rings. The molecule has 0 radical (unpaired) electrons. The van der Waals surface area contributed by atoms with E-state index in [1.54, 1.807) is 22.0 Å². The summed E-state index contributed by atoms with van der Waals surface area (Å²) in [7, 11) is 0. The summed E-state index contributed by atoms with van der Waals surface area (Å²) >= 11 is 0. The first-order chi connectivity index (χ1) is 9.20. The lowest BCUT2D eigenvalue weighted by atomic mass is 9.99. The topological polar surface area (TPSA) is 75.4 Å². The van der Waals surface area contributed by atoms with Crippen molar-refractivity contribution in [3.05, 3.63) is 18.0 Å². The molecule has 110 valence electrons. The molecule has 2 heterocycles. The zero-order valence-electron chi connectivity index (χ0n) is 12.3. The quantitative estimate of drug-likeness (QED) is 0.888. The predicted molar refractivity (Wildman–Crippen MR) is 73.4 cm³/mol. The number of carboxylic acids is 1. The van der Waals surface area contributed by atoms with Gasteiger partial charge in [-0.25, -0.2) is 0 Å². The lowest BCUT2D eigenvalue weighted by Crippen LogP contribution is -2.30. The van der Waals surface area contributed by atoms with Crippen molar-refractivity contribution in [1.29, 1.82) is 0 Å². The summed E-state index contributed by atoms with van der Waals surface area (Å²) in [5, 5.41) is 13.3. The van der Waals surface area contributed by atoms with Crippen molar-refractivity contribution in [1.82, 2.24) is 14.7 Å². The highest BCUT2D eigenvalue weighted by Crippen LogP contribution is 2.25. The number of likely N-dealkylation sites (tertiary alicyclic amines) is 1. The Kier molecular flexibility index (Phi) is 3.58. The molecule has 1 aromatic rings. The van der Waals surface area contributed by atoms with Gasteiger partial charge in [0.2, 0.25) is 0 Å². The Bertz CT molecular complexity index is 530. The molecule has 6 heteroatoms. The number of amides is 1. The first kappa shape index (κ1) is 14.6. The number of rotatable bonds is 2. The number of carbonyl (C=O) groups is 2. The van der Waals surface area contributed by atoms with Crippen molar-refractivity contribution in [2.45, 2.75) is 33.2 Å². The second-order valence-corrected chi connectivity index (χ2v) is 6.48. The second kappa shape index (κ2) is 4.92. The van der Waals surface area contributed by atoms with Crippen molar-refractivity contribution in [2.24, 2.45) is 11.8 Å². The summed E-state index contributed by atoms with van der Waals surface area (Å²) in [5.41, 5.74) is 0.332. The summed E-state index contributed by atoms with van der Waals surface area (Å²) in [6.07, 6.45) is 3.27. The summed E-state index contributed by atoms with van der Waals surface area (Å²) in [6.45, 7) is 8.64. The maximum Gasteiger partial charge on any atom is 0.308 e. The van der Waals surface area contributed by atoms with E-state index in [2.05, 4.69) is 5.10 Å². The van der Waals surface area contributed by atoms with Crippen LogP contribution in [0.1, 0.15) is 38.1 Å². The standard InChI is InChI=1S/C14H21N3O3/c1-9-6-16(8-11(9)13(19)20)12(18)10-5-15-17(7-10)14(2,3)4/h5,7,9,11H,6,8H2,1-4H3,(H,19,20)/t9-,11-/m1/s1. The molecular formula is C14H21N3O3. The Balaban J connectivity index is 2.13. The molecule has 1 saturated heterocycles. The molecule has 0 saturated carbocycles. The van der Waals surface area contributed by atoms with Gasteiger partial charge in [0.1, 0.15) is 0 Å². The highest BCUT2D eigenvalue weighted by atomic mass is 16.4. The lowest BCUT2D eigenvalue weighted by Gasteiger charge is -2.19. The van der Waals surface area contributed by atoms with Gasteiger partial charge >= 0.3 is 5.97 Å². The van der Waals surface area contributed by atoms with E-state index in [1.807, 2.05) is 27.7 Å². The number of carbonyl (C=O) groups excluding carboxylic acids is 1. The smallest absolute Gasteiger partial charge is 0.308 e. The highest BCUT2D eigenvalue weighted by Gasteiger charge is 2.37. The summed E-state index contributed by atoms with van der Waals surface area (Å²) in [6, 6.07) is 0. The van der Waals surface area contributed by atoms with E-state index in [0.29, 0.717) is 12.1 Å². The molecule has 20 heavy (non-hydrogen) atoms. The molecule has 0 bridgehead atoms. The minimum Gasteiger partial charge on any atom is -0.481 e. The van der Waals surface area contributed by atoms with Gasteiger partial charge in [0.15, 0.2) is 0 Å². The molecular weight excluding hydrogens is 258 g/mol. The van der Waals surface area contributed by atoms with Gasteiger partial charge in [0.25, 0.3) is 5.91 Å². The highest BCUT2D eigenvalue weighted by molar-refractivity contribution is 5.94. The molecule has 0 aromatic carbocycles. The molecule has 2 rings (SSSR count). The van der Waals surface area contributed by atoms with E-state index < -0.39 is 11.9 Å². The predicted octanol–water partition coefficient (Wildman–Crippen LogP) is 1.43. The third-order valence-corrected chi connectivity index (χ3v) is 3.73. The van der Waals surface area contributed by atoms with Gasteiger partial charge in [0.05, 0.1) is 23.2 Å². The van der Waals surface area contributed by atoms with Gasteiger partial charge in [-0.1, -0.05) is 6.92 Å². The van der Waals surface area contributed by atoms with Gasteiger partial charge in [-0.05, 0) is 26.7 Å². The fourth-order valence-corrected chi connectivity index (χ4v) is 2.44. The number of hydrogen-bond acceptors (Lipinski definition) is 3. The molecule has 0 aliphatic carbocycles. The first-order valence-electron chi connectivity index (χ1n) is 6.77.